The first-order valence-electron chi connectivity index (χ1n) is 8.72. The summed E-state index contributed by atoms with van der Waals surface area (Å²) in [5.74, 6) is 0.697. The molecule has 0 spiro atoms. The first-order valence-corrected chi connectivity index (χ1v) is 9.53. The number of carbonyl (C=O) groups excluding carboxylic acids is 1. The van der Waals surface area contributed by atoms with E-state index in [4.69, 9.17) is 9.15 Å². The Morgan fingerprint density at radius 2 is 2.04 bits per heavy atom. The maximum atomic E-state index is 12.2. The molecule has 0 saturated carbocycles. The number of carbonyl (C=O) groups is 1. The summed E-state index contributed by atoms with van der Waals surface area (Å²) < 4.78 is 11.1. The molecule has 1 fully saturated rings. The lowest BCUT2D eigenvalue weighted by atomic mass is 10.1. The first-order chi connectivity index (χ1) is 13.5. The molecule has 1 aromatic heterocycles. The Morgan fingerprint density at radius 3 is 2.79 bits per heavy atom. The molecule has 8 nitrogen and oxygen atoms in total. The molecule has 0 N–H and O–H groups in total. The minimum atomic E-state index is -0.414. The number of aryl methyl sites for hydroxylation is 1. The van der Waals surface area contributed by atoms with Crippen molar-refractivity contribution in [2.45, 2.75) is 6.92 Å². The van der Waals surface area contributed by atoms with Crippen LogP contribution in [0.5, 0.6) is 0 Å². The van der Waals surface area contributed by atoms with Crippen molar-refractivity contribution in [1.82, 2.24) is 4.90 Å². The zero-order valence-electron chi connectivity index (χ0n) is 15.1. The SMILES string of the molecule is Cc1ccc(-c2ccc(C=C3SC(N4CCOCC4)=NC3=O)o2)cc1[N+](=O)[O-]. The third-order valence-electron chi connectivity index (χ3n) is 4.48. The molecule has 0 radical (unpaired) electrons. The van der Waals surface area contributed by atoms with E-state index in [2.05, 4.69) is 4.99 Å². The van der Waals surface area contributed by atoms with Crippen LogP contribution < -0.4 is 0 Å². The van der Waals surface area contributed by atoms with Crippen molar-refractivity contribution in [3.05, 3.63) is 56.7 Å². The first kappa shape index (κ1) is 18.5. The molecule has 0 unspecified atom stereocenters. The van der Waals surface area contributed by atoms with Crippen molar-refractivity contribution < 1.29 is 18.9 Å². The molecule has 1 saturated heterocycles. The van der Waals surface area contributed by atoms with Gasteiger partial charge in [0.05, 0.1) is 23.0 Å². The van der Waals surface area contributed by atoms with Gasteiger partial charge in [-0.05, 0) is 30.8 Å². The summed E-state index contributed by atoms with van der Waals surface area (Å²) in [5, 5.41) is 11.8. The zero-order chi connectivity index (χ0) is 19.7. The standard InChI is InChI=1S/C19H17N3O5S/c1-12-2-3-13(10-15(12)22(24)25)16-5-4-14(27-16)11-17-18(23)20-19(28-17)21-6-8-26-9-7-21/h2-5,10-11H,6-9H2,1H3. The summed E-state index contributed by atoms with van der Waals surface area (Å²) in [5.41, 5.74) is 1.24. The van der Waals surface area contributed by atoms with Crippen LogP contribution >= 0.6 is 11.8 Å². The number of amides is 1. The normalized spacial score (nSPS) is 18.6. The number of nitrogens with zero attached hydrogens (tertiary/aromatic N) is 3. The van der Waals surface area contributed by atoms with Gasteiger partial charge in [0.1, 0.15) is 11.5 Å². The lowest BCUT2D eigenvalue weighted by molar-refractivity contribution is -0.385. The predicted octanol–water partition coefficient (Wildman–Crippen LogP) is 3.47. The van der Waals surface area contributed by atoms with E-state index < -0.39 is 4.92 Å². The molecular formula is C19H17N3O5S. The molecule has 2 aliphatic rings. The number of amidine groups is 1. The van der Waals surface area contributed by atoms with Gasteiger partial charge in [-0.3, -0.25) is 14.9 Å². The van der Waals surface area contributed by atoms with Gasteiger partial charge in [0.25, 0.3) is 11.6 Å². The maximum absolute atomic E-state index is 12.2. The summed E-state index contributed by atoms with van der Waals surface area (Å²) in [4.78, 5) is 29.6. The molecule has 1 aromatic carbocycles. The van der Waals surface area contributed by atoms with Crippen molar-refractivity contribution in [2.75, 3.05) is 26.3 Å². The van der Waals surface area contributed by atoms with Gasteiger partial charge in [-0.2, -0.15) is 4.99 Å². The van der Waals surface area contributed by atoms with Crippen molar-refractivity contribution in [2.24, 2.45) is 4.99 Å². The Balaban J connectivity index is 1.53. The zero-order valence-corrected chi connectivity index (χ0v) is 15.9. The highest BCUT2D eigenvalue weighted by Crippen LogP contribution is 2.33. The van der Waals surface area contributed by atoms with Gasteiger partial charge in [0.2, 0.25) is 0 Å². The molecule has 3 heterocycles. The van der Waals surface area contributed by atoms with Crippen molar-refractivity contribution >= 4 is 34.6 Å². The average molecular weight is 399 g/mol. The maximum Gasteiger partial charge on any atom is 0.286 e. The Hall–Kier alpha value is -2.91. The fraction of sp³-hybridized carbons (Fsp3) is 0.263. The minimum Gasteiger partial charge on any atom is -0.457 e. The van der Waals surface area contributed by atoms with Gasteiger partial charge in [-0.1, -0.05) is 12.1 Å². The second-order valence-corrected chi connectivity index (χ2v) is 7.38. The van der Waals surface area contributed by atoms with Crippen molar-refractivity contribution in [3.8, 4) is 11.3 Å². The van der Waals surface area contributed by atoms with Crippen LogP contribution in [0.2, 0.25) is 0 Å². The van der Waals surface area contributed by atoms with Gasteiger partial charge in [-0.25, -0.2) is 0 Å². The van der Waals surface area contributed by atoms with E-state index in [1.807, 2.05) is 4.90 Å². The van der Waals surface area contributed by atoms with E-state index in [0.717, 1.165) is 0 Å². The monoisotopic (exact) mass is 399 g/mol. The second-order valence-electron chi connectivity index (χ2n) is 6.37. The van der Waals surface area contributed by atoms with Crippen LogP contribution in [0.15, 0.2) is 44.6 Å². The molecule has 1 amide bonds. The largest absolute Gasteiger partial charge is 0.457 e. The molecular weight excluding hydrogens is 382 g/mol. The summed E-state index contributed by atoms with van der Waals surface area (Å²) >= 11 is 1.32. The van der Waals surface area contributed by atoms with E-state index in [0.29, 0.717) is 59.0 Å². The molecule has 28 heavy (non-hydrogen) atoms. The highest BCUT2D eigenvalue weighted by atomic mass is 32.2. The summed E-state index contributed by atoms with van der Waals surface area (Å²) in [7, 11) is 0. The number of nitro benzene ring substituents is 1. The Morgan fingerprint density at radius 1 is 1.25 bits per heavy atom. The van der Waals surface area contributed by atoms with Crippen LogP contribution in [0, 0.1) is 17.0 Å². The van der Waals surface area contributed by atoms with Gasteiger partial charge >= 0.3 is 0 Å². The number of furan rings is 1. The smallest absolute Gasteiger partial charge is 0.286 e. The van der Waals surface area contributed by atoms with Crippen molar-refractivity contribution in [3.63, 3.8) is 0 Å². The topological polar surface area (TPSA) is 98.2 Å². The molecule has 2 aromatic rings. The highest BCUT2D eigenvalue weighted by molar-refractivity contribution is 8.18. The van der Waals surface area contributed by atoms with Crippen LogP contribution in [0.25, 0.3) is 17.4 Å². The van der Waals surface area contributed by atoms with Gasteiger partial charge in [0.15, 0.2) is 5.17 Å². The van der Waals surface area contributed by atoms with Crippen LogP contribution in [0.1, 0.15) is 11.3 Å². The van der Waals surface area contributed by atoms with Crippen LogP contribution in [0.3, 0.4) is 0 Å². The summed E-state index contributed by atoms with van der Waals surface area (Å²) in [6, 6.07) is 8.41. The van der Waals surface area contributed by atoms with Gasteiger partial charge < -0.3 is 14.1 Å². The van der Waals surface area contributed by atoms with E-state index in [9.17, 15) is 14.9 Å². The molecule has 0 aliphatic carbocycles. The van der Waals surface area contributed by atoms with E-state index in [1.54, 1.807) is 37.3 Å². The molecule has 2 aliphatic heterocycles. The third kappa shape index (κ3) is 3.71. The lowest BCUT2D eigenvalue weighted by Gasteiger charge is -2.27. The van der Waals surface area contributed by atoms with Crippen LogP contribution in [-0.4, -0.2) is 47.2 Å². The van der Waals surface area contributed by atoms with Crippen molar-refractivity contribution in [1.29, 1.82) is 0 Å². The number of hydrogen-bond donors (Lipinski definition) is 0. The van der Waals surface area contributed by atoms with Gasteiger partial charge in [-0.15, -0.1) is 0 Å². The van der Waals surface area contributed by atoms with E-state index in [-0.39, 0.29) is 11.6 Å². The number of hydrogen-bond acceptors (Lipinski definition) is 7. The number of morpholine rings is 1. The second kappa shape index (κ2) is 7.61. The highest BCUT2D eigenvalue weighted by Gasteiger charge is 2.27. The van der Waals surface area contributed by atoms with Crippen LogP contribution in [0.4, 0.5) is 5.69 Å². The minimum absolute atomic E-state index is 0.0406. The Labute approximate surface area is 165 Å². The number of nitro groups is 1. The average Bonchev–Trinajstić information content (AvgIpc) is 3.30. The lowest BCUT2D eigenvalue weighted by Crippen LogP contribution is -2.38. The molecule has 0 atom stereocenters. The molecule has 4 rings (SSSR count). The molecule has 9 heteroatoms. The number of aliphatic imine (C=N–C) groups is 1. The van der Waals surface area contributed by atoms with E-state index in [1.165, 1.54) is 17.8 Å². The Bertz CT molecular complexity index is 1000. The molecule has 0 bridgehead atoms. The number of thioether (sulfide) groups is 1. The predicted molar refractivity (Wildman–Crippen MR) is 106 cm³/mol. The number of rotatable bonds is 3. The fourth-order valence-electron chi connectivity index (χ4n) is 2.96. The number of ether oxygens (including phenoxy) is 1. The quantitative estimate of drug-likeness (QED) is 0.443. The third-order valence-corrected chi connectivity index (χ3v) is 5.53. The Kier molecular flexibility index (Phi) is 5.01. The summed E-state index contributed by atoms with van der Waals surface area (Å²) in [6.45, 7) is 4.36. The number of benzene rings is 1. The van der Waals surface area contributed by atoms with Crippen LogP contribution in [-0.2, 0) is 9.53 Å². The van der Waals surface area contributed by atoms with Gasteiger partial charge in [0, 0.05) is 36.4 Å². The van der Waals surface area contributed by atoms with E-state index >= 15 is 0 Å². The summed E-state index contributed by atoms with van der Waals surface area (Å²) in [6.07, 6.45) is 1.65. The fourth-order valence-corrected chi connectivity index (χ4v) is 3.91. The molecule has 144 valence electrons.